The summed E-state index contributed by atoms with van der Waals surface area (Å²) in [5.74, 6) is 0.333. The second-order valence-corrected chi connectivity index (χ2v) is 6.35. The summed E-state index contributed by atoms with van der Waals surface area (Å²) in [6, 6.07) is 6.90. The minimum atomic E-state index is -0.382. The number of anilines is 1. The second kappa shape index (κ2) is 7.06. The van der Waals surface area contributed by atoms with Crippen LogP contribution >= 0.6 is 0 Å². The molecule has 1 aliphatic heterocycles. The highest BCUT2D eigenvalue weighted by Crippen LogP contribution is 2.20. The molecule has 0 aliphatic carbocycles. The summed E-state index contributed by atoms with van der Waals surface area (Å²) in [5, 5.41) is 5.17. The van der Waals surface area contributed by atoms with Crippen LogP contribution in [0.4, 0.5) is 5.69 Å². The molecule has 1 aromatic heterocycles. The van der Waals surface area contributed by atoms with E-state index in [1.807, 2.05) is 24.0 Å². The molecule has 1 fully saturated rings. The van der Waals surface area contributed by atoms with Gasteiger partial charge in [-0.1, -0.05) is 0 Å². The Hall–Kier alpha value is -2.67. The van der Waals surface area contributed by atoms with Crippen LogP contribution in [0, 0.1) is 6.92 Å². The van der Waals surface area contributed by atoms with Crippen molar-refractivity contribution in [1.29, 1.82) is 0 Å². The first-order chi connectivity index (χ1) is 11.9. The standard InChI is InChI=1S/C18H22N4O3/c1-12-10-17(24)25-16-11-14(4-5-15(12)16)19-20-18(13(2)23)22-8-6-21(3)7-9-22/h4-5,10-11,19H,6-9H2,1-3H3/b20-18+. The topological polar surface area (TPSA) is 78.1 Å². The van der Waals surface area contributed by atoms with E-state index in [4.69, 9.17) is 4.42 Å². The van der Waals surface area contributed by atoms with Gasteiger partial charge in [0.2, 0.25) is 0 Å². The predicted octanol–water partition coefficient (Wildman–Crippen LogP) is 1.66. The van der Waals surface area contributed by atoms with Crippen LogP contribution in [-0.2, 0) is 4.79 Å². The number of rotatable bonds is 3. The summed E-state index contributed by atoms with van der Waals surface area (Å²) in [4.78, 5) is 27.7. The molecule has 2 heterocycles. The SMILES string of the molecule is CC(=O)/C(=N\Nc1ccc2c(C)cc(=O)oc2c1)N1CCN(C)CC1. The van der Waals surface area contributed by atoms with E-state index in [-0.39, 0.29) is 11.4 Å². The Morgan fingerprint density at radius 3 is 2.60 bits per heavy atom. The molecule has 0 atom stereocenters. The van der Waals surface area contributed by atoms with E-state index in [1.54, 1.807) is 6.07 Å². The Kier molecular flexibility index (Phi) is 4.85. The number of hydrogen-bond acceptors (Lipinski definition) is 6. The first-order valence-corrected chi connectivity index (χ1v) is 8.26. The summed E-state index contributed by atoms with van der Waals surface area (Å²) in [6.45, 7) is 6.71. The number of nitrogens with one attached hydrogen (secondary N) is 1. The number of hydrazone groups is 1. The fourth-order valence-electron chi connectivity index (χ4n) is 2.90. The van der Waals surface area contributed by atoms with Crippen molar-refractivity contribution in [1.82, 2.24) is 9.80 Å². The van der Waals surface area contributed by atoms with Crippen molar-refractivity contribution in [3.63, 3.8) is 0 Å². The molecule has 0 bridgehead atoms. The third-order valence-corrected chi connectivity index (χ3v) is 4.36. The van der Waals surface area contributed by atoms with Crippen LogP contribution in [0.25, 0.3) is 11.0 Å². The molecule has 3 rings (SSSR count). The first-order valence-electron chi connectivity index (χ1n) is 8.26. The maximum absolute atomic E-state index is 12.0. The highest BCUT2D eigenvalue weighted by molar-refractivity contribution is 6.37. The number of hydrogen-bond donors (Lipinski definition) is 1. The molecule has 0 spiro atoms. The number of Topliss-reactive ketones (excluding diaryl/α,β-unsaturated/α-hetero) is 1. The number of likely N-dealkylation sites (N-methyl/N-ethyl adjacent to an activating group) is 1. The molecule has 1 N–H and O–H groups in total. The number of aryl methyl sites for hydroxylation is 1. The Balaban J connectivity index is 1.84. The first kappa shape index (κ1) is 17.2. The number of ketones is 1. The van der Waals surface area contributed by atoms with E-state index in [0.717, 1.165) is 37.1 Å². The van der Waals surface area contributed by atoms with Gasteiger partial charge < -0.3 is 14.2 Å². The molecule has 0 unspecified atom stereocenters. The Morgan fingerprint density at radius 2 is 1.92 bits per heavy atom. The van der Waals surface area contributed by atoms with Crippen LogP contribution in [0.5, 0.6) is 0 Å². The molecule has 2 aromatic rings. The van der Waals surface area contributed by atoms with E-state index in [1.165, 1.54) is 13.0 Å². The van der Waals surface area contributed by atoms with E-state index >= 15 is 0 Å². The maximum Gasteiger partial charge on any atom is 0.336 e. The van der Waals surface area contributed by atoms with Gasteiger partial charge in [0, 0.05) is 50.6 Å². The van der Waals surface area contributed by atoms with Gasteiger partial charge in [-0.3, -0.25) is 10.2 Å². The summed E-state index contributed by atoms with van der Waals surface area (Å²) in [6.07, 6.45) is 0. The van der Waals surface area contributed by atoms with E-state index in [2.05, 4.69) is 22.5 Å². The molecular formula is C18H22N4O3. The van der Waals surface area contributed by atoms with Gasteiger partial charge in [0.1, 0.15) is 5.58 Å². The van der Waals surface area contributed by atoms with E-state index in [0.29, 0.717) is 17.1 Å². The molecule has 0 radical (unpaired) electrons. The Morgan fingerprint density at radius 1 is 1.20 bits per heavy atom. The van der Waals surface area contributed by atoms with Crippen LogP contribution in [0.15, 0.2) is 38.6 Å². The third kappa shape index (κ3) is 3.88. The average Bonchev–Trinajstić information content (AvgIpc) is 2.56. The number of nitrogens with zero attached hydrogens (tertiary/aromatic N) is 3. The number of piperazine rings is 1. The Bertz CT molecular complexity index is 880. The summed E-state index contributed by atoms with van der Waals surface area (Å²) in [5.41, 5.74) is 4.55. The number of amidine groups is 1. The van der Waals surface area contributed by atoms with Crippen LogP contribution in [0.2, 0.25) is 0 Å². The molecule has 1 aromatic carbocycles. The van der Waals surface area contributed by atoms with E-state index < -0.39 is 0 Å². The van der Waals surface area contributed by atoms with Crippen LogP contribution in [0.3, 0.4) is 0 Å². The fraction of sp³-hybridized carbons (Fsp3) is 0.389. The smallest absolute Gasteiger partial charge is 0.336 e. The minimum Gasteiger partial charge on any atom is -0.423 e. The average molecular weight is 342 g/mol. The zero-order chi connectivity index (χ0) is 18.0. The van der Waals surface area contributed by atoms with Crippen LogP contribution in [-0.4, -0.2) is 54.6 Å². The third-order valence-electron chi connectivity index (χ3n) is 4.36. The summed E-state index contributed by atoms with van der Waals surface area (Å²) < 4.78 is 5.24. The van der Waals surface area contributed by atoms with Crippen molar-refractivity contribution >= 4 is 28.3 Å². The minimum absolute atomic E-state index is 0.0831. The van der Waals surface area contributed by atoms with Gasteiger partial charge in [-0.05, 0) is 31.7 Å². The summed E-state index contributed by atoms with van der Waals surface area (Å²) >= 11 is 0. The molecule has 0 saturated carbocycles. The van der Waals surface area contributed by atoms with Gasteiger partial charge in [0.15, 0.2) is 11.6 Å². The lowest BCUT2D eigenvalue weighted by Crippen LogP contribution is -2.49. The number of benzene rings is 1. The molecule has 1 aliphatic rings. The number of carbonyl (C=O) groups excluding carboxylic acids is 1. The molecule has 25 heavy (non-hydrogen) atoms. The van der Waals surface area contributed by atoms with Crippen molar-refractivity contribution < 1.29 is 9.21 Å². The highest BCUT2D eigenvalue weighted by atomic mass is 16.4. The zero-order valence-corrected chi connectivity index (χ0v) is 14.7. The van der Waals surface area contributed by atoms with Gasteiger partial charge in [-0.25, -0.2) is 4.79 Å². The van der Waals surface area contributed by atoms with E-state index in [9.17, 15) is 9.59 Å². The monoisotopic (exact) mass is 342 g/mol. The van der Waals surface area contributed by atoms with Gasteiger partial charge >= 0.3 is 5.63 Å². The van der Waals surface area contributed by atoms with Crippen LogP contribution in [0.1, 0.15) is 12.5 Å². The lowest BCUT2D eigenvalue weighted by atomic mass is 10.1. The van der Waals surface area contributed by atoms with Crippen molar-refractivity contribution in [2.24, 2.45) is 5.10 Å². The largest absolute Gasteiger partial charge is 0.423 e. The second-order valence-electron chi connectivity index (χ2n) is 6.35. The lowest BCUT2D eigenvalue weighted by Gasteiger charge is -2.33. The molecular weight excluding hydrogens is 320 g/mol. The number of carbonyl (C=O) groups is 1. The van der Waals surface area contributed by atoms with Crippen molar-refractivity contribution in [2.75, 3.05) is 38.7 Å². The van der Waals surface area contributed by atoms with Gasteiger partial charge in [-0.15, -0.1) is 0 Å². The normalized spacial score (nSPS) is 16.3. The van der Waals surface area contributed by atoms with Gasteiger partial charge in [0.25, 0.3) is 0 Å². The van der Waals surface area contributed by atoms with Crippen molar-refractivity contribution in [3.05, 3.63) is 40.2 Å². The van der Waals surface area contributed by atoms with Crippen molar-refractivity contribution in [2.45, 2.75) is 13.8 Å². The molecule has 7 nitrogen and oxygen atoms in total. The summed E-state index contributed by atoms with van der Waals surface area (Å²) in [7, 11) is 2.06. The zero-order valence-electron chi connectivity index (χ0n) is 14.7. The number of fused-ring (bicyclic) bond motifs is 1. The molecule has 1 saturated heterocycles. The quantitative estimate of drug-likeness (QED) is 0.396. The lowest BCUT2D eigenvalue weighted by molar-refractivity contribution is -0.111. The highest BCUT2D eigenvalue weighted by Gasteiger charge is 2.20. The van der Waals surface area contributed by atoms with Crippen LogP contribution < -0.4 is 11.1 Å². The molecule has 0 amide bonds. The Labute approximate surface area is 145 Å². The maximum atomic E-state index is 12.0. The molecule has 7 heteroatoms. The van der Waals surface area contributed by atoms with Gasteiger partial charge in [0.05, 0.1) is 5.69 Å². The predicted molar refractivity (Wildman–Crippen MR) is 98.0 cm³/mol. The molecule has 132 valence electrons. The fourth-order valence-corrected chi connectivity index (χ4v) is 2.90. The van der Waals surface area contributed by atoms with Crippen molar-refractivity contribution in [3.8, 4) is 0 Å². The van der Waals surface area contributed by atoms with Gasteiger partial charge in [-0.2, -0.15) is 5.10 Å².